The van der Waals surface area contributed by atoms with Crippen molar-refractivity contribution >= 4 is 0 Å². The van der Waals surface area contributed by atoms with Gasteiger partial charge in [0.05, 0.1) is 6.10 Å². The molecule has 0 heterocycles. The zero-order chi connectivity index (χ0) is 11.0. The number of hydrogen-bond donors (Lipinski definition) is 1. The number of ether oxygens (including phenoxy) is 1. The SMILES string of the molecule is Cc1cc(OC(C)C)c(C2CC2)cc1O. The van der Waals surface area contributed by atoms with Crippen LogP contribution in [0.4, 0.5) is 0 Å². The quantitative estimate of drug-likeness (QED) is 0.821. The van der Waals surface area contributed by atoms with Crippen LogP contribution in [0.5, 0.6) is 11.5 Å². The predicted octanol–water partition coefficient (Wildman–Crippen LogP) is 3.37. The number of phenols is 1. The van der Waals surface area contributed by atoms with Crippen LogP contribution >= 0.6 is 0 Å². The van der Waals surface area contributed by atoms with Crippen molar-refractivity contribution in [2.75, 3.05) is 0 Å². The number of benzene rings is 1. The molecule has 1 fully saturated rings. The number of phenolic OH excluding ortho intramolecular Hbond substituents is 1. The number of aromatic hydroxyl groups is 1. The lowest BCUT2D eigenvalue weighted by molar-refractivity contribution is 0.239. The van der Waals surface area contributed by atoms with Crippen LogP contribution in [0.3, 0.4) is 0 Å². The van der Waals surface area contributed by atoms with E-state index in [9.17, 15) is 5.11 Å². The summed E-state index contributed by atoms with van der Waals surface area (Å²) < 4.78 is 5.77. The first-order valence-corrected chi connectivity index (χ1v) is 5.58. The average molecular weight is 206 g/mol. The summed E-state index contributed by atoms with van der Waals surface area (Å²) in [4.78, 5) is 0. The summed E-state index contributed by atoms with van der Waals surface area (Å²) in [5.74, 6) is 1.93. The van der Waals surface area contributed by atoms with Crippen molar-refractivity contribution in [3.8, 4) is 11.5 Å². The van der Waals surface area contributed by atoms with Gasteiger partial charge in [0.25, 0.3) is 0 Å². The van der Waals surface area contributed by atoms with Gasteiger partial charge in [-0.1, -0.05) is 0 Å². The second kappa shape index (κ2) is 3.76. The summed E-state index contributed by atoms with van der Waals surface area (Å²) >= 11 is 0. The second-order valence-corrected chi connectivity index (χ2v) is 4.62. The zero-order valence-electron chi connectivity index (χ0n) is 9.58. The summed E-state index contributed by atoms with van der Waals surface area (Å²) in [5, 5.41) is 9.68. The Kier molecular flexibility index (Phi) is 2.59. The molecule has 2 nitrogen and oxygen atoms in total. The minimum Gasteiger partial charge on any atom is -0.508 e. The van der Waals surface area contributed by atoms with Crippen LogP contribution in [0.15, 0.2) is 12.1 Å². The Balaban J connectivity index is 2.36. The van der Waals surface area contributed by atoms with Gasteiger partial charge in [-0.15, -0.1) is 0 Å². The molecule has 1 aliphatic rings. The van der Waals surface area contributed by atoms with Gasteiger partial charge in [0.15, 0.2) is 0 Å². The van der Waals surface area contributed by atoms with Crippen molar-refractivity contribution in [3.05, 3.63) is 23.3 Å². The topological polar surface area (TPSA) is 29.5 Å². The first-order chi connectivity index (χ1) is 7.08. The van der Waals surface area contributed by atoms with Crippen LogP contribution in [-0.4, -0.2) is 11.2 Å². The Morgan fingerprint density at radius 3 is 2.53 bits per heavy atom. The van der Waals surface area contributed by atoms with Gasteiger partial charge in [-0.25, -0.2) is 0 Å². The fourth-order valence-corrected chi connectivity index (χ4v) is 1.76. The summed E-state index contributed by atoms with van der Waals surface area (Å²) in [6, 6.07) is 3.81. The maximum atomic E-state index is 9.68. The van der Waals surface area contributed by atoms with E-state index in [2.05, 4.69) is 0 Å². The molecule has 0 aliphatic heterocycles. The van der Waals surface area contributed by atoms with E-state index in [1.54, 1.807) is 0 Å². The van der Waals surface area contributed by atoms with E-state index < -0.39 is 0 Å². The molecule has 82 valence electrons. The monoisotopic (exact) mass is 206 g/mol. The van der Waals surface area contributed by atoms with Crippen LogP contribution in [0.25, 0.3) is 0 Å². The van der Waals surface area contributed by atoms with Crippen molar-refractivity contribution in [3.63, 3.8) is 0 Å². The van der Waals surface area contributed by atoms with E-state index >= 15 is 0 Å². The van der Waals surface area contributed by atoms with Crippen molar-refractivity contribution in [1.82, 2.24) is 0 Å². The molecule has 0 unspecified atom stereocenters. The summed E-state index contributed by atoms with van der Waals surface area (Å²) in [6.07, 6.45) is 2.62. The highest BCUT2D eigenvalue weighted by atomic mass is 16.5. The lowest BCUT2D eigenvalue weighted by atomic mass is 10.1. The normalized spacial score (nSPS) is 15.7. The highest BCUT2D eigenvalue weighted by molar-refractivity contribution is 5.48. The van der Waals surface area contributed by atoms with Crippen molar-refractivity contribution in [2.24, 2.45) is 0 Å². The Bertz CT molecular complexity index is 365. The molecule has 0 bridgehead atoms. The average Bonchev–Trinajstić information content (AvgIpc) is 2.93. The molecule has 1 aliphatic carbocycles. The summed E-state index contributed by atoms with van der Waals surface area (Å²) in [5.41, 5.74) is 2.06. The molecular weight excluding hydrogens is 188 g/mol. The molecule has 2 heteroatoms. The van der Waals surface area contributed by atoms with Crippen molar-refractivity contribution in [1.29, 1.82) is 0 Å². The van der Waals surface area contributed by atoms with E-state index in [-0.39, 0.29) is 6.10 Å². The van der Waals surface area contributed by atoms with E-state index in [1.165, 1.54) is 18.4 Å². The largest absolute Gasteiger partial charge is 0.508 e. The Labute approximate surface area is 90.9 Å². The van der Waals surface area contributed by atoms with Crippen LogP contribution in [0.2, 0.25) is 0 Å². The molecule has 1 saturated carbocycles. The fraction of sp³-hybridized carbons (Fsp3) is 0.538. The Hall–Kier alpha value is -1.18. The molecule has 1 N–H and O–H groups in total. The van der Waals surface area contributed by atoms with Crippen molar-refractivity contribution < 1.29 is 9.84 Å². The molecule has 0 radical (unpaired) electrons. The van der Waals surface area contributed by atoms with Crippen LogP contribution in [0, 0.1) is 6.92 Å². The van der Waals surface area contributed by atoms with E-state index in [4.69, 9.17) is 4.74 Å². The van der Waals surface area contributed by atoms with Gasteiger partial charge in [-0.05, 0) is 57.2 Å². The van der Waals surface area contributed by atoms with E-state index in [0.717, 1.165) is 11.3 Å². The number of aryl methyl sites for hydroxylation is 1. The summed E-state index contributed by atoms with van der Waals surface area (Å²) in [7, 11) is 0. The number of rotatable bonds is 3. The van der Waals surface area contributed by atoms with Crippen LogP contribution in [-0.2, 0) is 0 Å². The minimum atomic E-state index is 0.187. The van der Waals surface area contributed by atoms with Gasteiger partial charge in [0.2, 0.25) is 0 Å². The van der Waals surface area contributed by atoms with Gasteiger partial charge in [0.1, 0.15) is 11.5 Å². The second-order valence-electron chi connectivity index (χ2n) is 4.62. The molecule has 0 atom stereocenters. The van der Waals surface area contributed by atoms with Crippen LogP contribution < -0.4 is 4.74 Å². The molecule has 0 saturated heterocycles. The van der Waals surface area contributed by atoms with Crippen molar-refractivity contribution in [2.45, 2.75) is 45.6 Å². The van der Waals surface area contributed by atoms with E-state index in [0.29, 0.717) is 11.7 Å². The van der Waals surface area contributed by atoms with Gasteiger partial charge < -0.3 is 9.84 Å². The predicted molar refractivity (Wildman–Crippen MR) is 60.6 cm³/mol. The minimum absolute atomic E-state index is 0.187. The lowest BCUT2D eigenvalue weighted by Gasteiger charge is -2.15. The van der Waals surface area contributed by atoms with Gasteiger partial charge >= 0.3 is 0 Å². The van der Waals surface area contributed by atoms with E-state index in [1.807, 2.05) is 32.9 Å². The molecule has 0 spiro atoms. The first-order valence-electron chi connectivity index (χ1n) is 5.58. The molecule has 0 amide bonds. The third-order valence-corrected chi connectivity index (χ3v) is 2.71. The number of hydrogen-bond acceptors (Lipinski definition) is 2. The molecule has 0 aromatic heterocycles. The third kappa shape index (κ3) is 2.25. The highest BCUT2D eigenvalue weighted by Crippen LogP contribution is 2.46. The maximum Gasteiger partial charge on any atom is 0.123 e. The Morgan fingerprint density at radius 2 is 2.00 bits per heavy atom. The zero-order valence-corrected chi connectivity index (χ0v) is 9.58. The van der Waals surface area contributed by atoms with Crippen LogP contribution in [0.1, 0.15) is 43.7 Å². The molecular formula is C13H18O2. The summed E-state index contributed by atoms with van der Waals surface area (Å²) in [6.45, 7) is 5.96. The van der Waals surface area contributed by atoms with Gasteiger partial charge in [-0.2, -0.15) is 0 Å². The molecule has 2 rings (SSSR count). The first kappa shape index (κ1) is 10.3. The Morgan fingerprint density at radius 1 is 1.33 bits per heavy atom. The lowest BCUT2D eigenvalue weighted by Crippen LogP contribution is -2.07. The molecule has 1 aromatic rings. The highest BCUT2D eigenvalue weighted by Gasteiger charge is 2.28. The van der Waals surface area contributed by atoms with Gasteiger partial charge in [-0.3, -0.25) is 0 Å². The maximum absolute atomic E-state index is 9.68. The molecule has 15 heavy (non-hydrogen) atoms. The fourth-order valence-electron chi connectivity index (χ4n) is 1.76. The molecule has 1 aromatic carbocycles. The third-order valence-electron chi connectivity index (χ3n) is 2.71. The van der Waals surface area contributed by atoms with Gasteiger partial charge in [0, 0.05) is 5.56 Å². The smallest absolute Gasteiger partial charge is 0.123 e. The standard InChI is InChI=1S/C13H18O2/c1-8(2)15-13-6-9(3)12(14)7-11(13)10-4-5-10/h6-8,10,14H,4-5H2,1-3H3.